The number of nitrogens with one attached hydrogen (secondary N) is 1. The summed E-state index contributed by atoms with van der Waals surface area (Å²) in [5, 5.41) is 19.0. The largest absolute Gasteiger partial charge is 0.394 e. The number of ether oxygens (including phenoxy) is 1. The predicted octanol–water partition coefficient (Wildman–Crippen LogP) is -0.00350. The second-order valence-electron chi connectivity index (χ2n) is 4.23. The molecule has 0 bridgehead atoms. The van der Waals surface area contributed by atoms with Crippen LogP contribution < -0.4 is 11.2 Å². The number of aliphatic hydroxyl groups is 2. The van der Waals surface area contributed by atoms with Gasteiger partial charge in [-0.1, -0.05) is 45.2 Å². The first kappa shape index (κ1) is 16.1. The molecule has 9 heteroatoms. The lowest BCUT2D eigenvalue weighted by Gasteiger charge is -2.17. The van der Waals surface area contributed by atoms with Gasteiger partial charge in [-0.05, 0) is 10.2 Å². The number of aromatic nitrogens is 2. The lowest BCUT2D eigenvalue weighted by atomic mass is 10.2. The Bertz CT molecular complexity index is 626. The molecule has 0 spiro atoms. The van der Waals surface area contributed by atoms with Crippen molar-refractivity contribution in [1.82, 2.24) is 9.55 Å². The quantitative estimate of drug-likeness (QED) is 0.396. The van der Waals surface area contributed by atoms with Crippen LogP contribution in [0.15, 0.2) is 19.9 Å². The maximum absolute atomic E-state index is 11.9. The Morgan fingerprint density at radius 2 is 2.20 bits per heavy atom. The summed E-state index contributed by atoms with van der Waals surface area (Å²) in [6.45, 7) is -0.338. The first-order chi connectivity index (χ1) is 9.49. The molecule has 7 nitrogen and oxygen atoms in total. The summed E-state index contributed by atoms with van der Waals surface area (Å²) in [5.74, 6) is 0. The standard InChI is InChI=1S/C11H12I2N2O5/c12-2-1-5-3-15(11(19)14-9(5)18)10-7(13)8(17)6(4-16)20-10/h1-3,6-8,10,16-17H,4H2,(H,14,18,19)/b2-1+/t6-,7?,8-,10-/m1/s1. The highest BCUT2D eigenvalue weighted by Gasteiger charge is 2.43. The zero-order valence-electron chi connectivity index (χ0n) is 10.1. The Labute approximate surface area is 140 Å². The molecule has 2 rings (SSSR count). The molecule has 1 aromatic rings. The van der Waals surface area contributed by atoms with Crippen LogP contribution in [-0.4, -0.2) is 42.5 Å². The fraction of sp³-hybridized carbons (Fsp3) is 0.455. The van der Waals surface area contributed by atoms with Crippen molar-refractivity contribution in [2.75, 3.05) is 6.61 Å². The summed E-state index contributed by atoms with van der Waals surface area (Å²) in [4.78, 5) is 25.7. The van der Waals surface area contributed by atoms with Gasteiger partial charge in [0.15, 0.2) is 6.23 Å². The third-order valence-corrected chi connectivity index (χ3v) is 4.70. The highest BCUT2D eigenvalue weighted by molar-refractivity contribution is 14.1. The monoisotopic (exact) mass is 506 g/mol. The minimum absolute atomic E-state index is 0.313. The maximum Gasteiger partial charge on any atom is 0.330 e. The third kappa shape index (κ3) is 3.00. The molecule has 20 heavy (non-hydrogen) atoms. The Kier molecular flexibility index (Phi) is 5.39. The molecule has 1 fully saturated rings. The number of alkyl halides is 1. The second-order valence-corrected chi connectivity index (χ2v) is 6.38. The molecule has 1 aliphatic rings. The van der Waals surface area contributed by atoms with Crippen molar-refractivity contribution in [2.45, 2.75) is 22.4 Å². The molecule has 1 aromatic heterocycles. The van der Waals surface area contributed by atoms with Crippen molar-refractivity contribution >= 4 is 51.3 Å². The number of hydrogen-bond donors (Lipinski definition) is 3. The number of hydrogen-bond acceptors (Lipinski definition) is 5. The highest BCUT2D eigenvalue weighted by Crippen LogP contribution is 2.33. The average molecular weight is 506 g/mol. The normalized spacial score (nSPS) is 30.2. The number of H-pyrrole nitrogens is 1. The Balaban J connectivity index is 2.46. The molecule has 0 aliphatic carbocycles. The van der Waals surface area contributed by atoms with Crippen molar-refractivity contribution in [1.29, 1.82) is 0 Å². The van der Waals surface area contributed by atoms with E-state index in [2.05, 4.69) is 4.98 Å². The van der Waals surface area contributed by atoms with Crippen molar-refractivity contribution < 1.29 is 14.9 Å². The Hall–Kier alpha value is -0.240. The molecule has 1 saturated heterocycles. The summed E-state index contributed by atoms with van der Waals surface area (Å²) in [6, 6.07) is 0. The van der Waals surface area contributed by atoms with Gasteiger partial charge in [-0.25, -0.2) is 4.79 Å². The maximum atomic E-state index is 11.9. The lowest BCUT2D eigenvalue weighted by molar-refractivity contribution is -0.0456. The minimum atomic E-state index is -0.881. The van der Waals surface area contributed by atoms with Crippen LogP contribution in [0.5, 0.6) is 0 Å². The van der Waals surface area contributed by atoms with Gasteiger partial charge >= 0.3 is 5.69 Å². The van der Waals surface area contributed by atoms with Crippen LogP contribution in [-0.2, 0) is 4.74 Å². The average Bonchev–Trinajstić information content (AvgIpc) is 2.70. The number of nitrogens with zero attached hydrogens (tertiary/aromatic N) is 1. The first-order valence-electron chi connectivity index (χ1n) is 5.70. The van der Waals surface area contributed by atoms with Crippen LogP contribution in [0.2, 0.25) is 0 Å². The van der Waals surface area contributed by atoms with Gasteiger partial charge in [0.1, 0.15) is 6.10 Å². The number of aliphatic hydroxyl groups excluding tert-OH is 2. The van der Waals surface area contributed by atoms with Gasteiger partial charge in [0.05, 0.1) is 22.2 Å². The number of halogens is 2. The molecule has 0 radical (unpaired) electrons. The molecule has 0 amide bonds. The van der Waals surface area contributed by atoms with Gasteiger partial charge < -0.3 is 14.9 Å². The third-order valence-electron chi connectivity index (χ3n) is 2.99. The molecular weight excluding hydrogens is 494 g/mol. The van der Waals surface area contributed by atoms with E-state index in [1.54, 1.807) is 10.2 Å². The van der Waals surface area contributed by atoms with E-state index < -0.39 is 33.6 Å². The lowest BCUT2D eigenvalue weighted by Crippen LogP contribution is -2.36. The molecule has 4 atom stereocenters. The number of rotatable bonds is 3. The zero-order valence-corrected chi connectivity index (χ0v) is 14.4. The van der Waals surface area contributed by atoms with Gasteiger partial charge in [-0.15, -0.1) is 0 Å². The SMILES string of the molecule is O=c1[nH]c(=O)n([C@@H]2O[C@H](CO)[C@@H](O)C2I)cc1/C=C/I. The smallest absolute Gasteiger partial charge is 0.330 e. The van der Waals surface area contributed by atoms with E-state index in [0.717, 1.165) is 0 Å². The van der Waals surface area contributed by atoms with Crippen LogP contribution in [0.4, 0.5) is 0 Å². The van der Waals surface area contributed by atoms with E-state index in [-0.39, 0.29) is 6.61 Å². The van der Waals surface area contributed by atoms with E-state index in [1.807, 2.05) is 45.2 Å². The van der Waals surface area contributed by atoms with Crippen molar-refractivity contribution in [3.05, 3.63) is 36.7 Å². The summed E-state index contributed by atoms with van der Waals surface area (Å²) in [7, 11) is 0. The first-order valence-corrected chi connectivity index (χ1v) is 8.19. The van der Waals surface area contributed by atoms with Crippen molar-refractivity contribution in [3.63, 3.8) is 0 Å². The molecule has 110 valence electrons. The van der Waals surface area contributed by atoms with Crippen LogP contribution in [0.1, 0.15) is 11.8 Å². The van der Waals surface area contributed by atoms with Gasteiger partial charge in [-0.2, -0.15) is 0 Å². The summed E-state index contributed by atoms with van der Waals surface area (Å²) in [5.41, 5.74) is -0.785. The molecule has 0 saturated carbocycles. The molecule has 0 aromatic carbocycles. The van der Waals surface area contributed by atoms with Gasteiger partial charge in [0.25, 0.3) is 5.56 Å². The van der Waals surface area contributed by atoms with Gasteiger partial charge in [0, 0.05) is 6.20 Å². The fourth-order valence-corrected chi connectivity index (χ4v) is 3.32. The molecular formula is C11H12I2N2O5. The summed E-state index contributed by atoms with van der Waals surface area (Å²) in [6.07, 6.45) is 0.580. The van der Waals surface area contributed by atoms with E-state index in [0.29, 0.717) is 5.56 Å². The van der Waals surface area contributed by atoms with Gasteiger partial charge in [0.2, 0.25) is 0 Å². The molecule has 2 heterocycles. The Morgan fingerprint density at radius 1 is 1.50 bits per heavy atom. The summed E-state index contributed by atoms with van der Waals surface area (Å²) < 4.78 is 7.95. The topological polar surface area (TPSA) is 105 Å². The van der Waals surface area contributed by atoms with E-state index >= 15 is 0 Å². The van der Waals surface area contributed by atoms with Crippen molar-refractivity contribution in [2.24, 2.45) is 0 Å². The van der Waals surface area contributed by atoms with E-state index in [1.165, 1.54) is 10.8 Å². The highest BCUT2D eigenvalue weighted by atomic mass is 127. The van der Waals surface area contributed by atoms with Crippen LogP contribution >= 0.6 is 45.2 Å². The predicted molar refractivity (Wildman–Crippen MR) is 89.2 cm³/mol. The van der Waals surface area contributed by atoms with Crippen LogP contribution in [0.3, 0.4) is 0 Å². The molecule has 3 N–H and O–H groups in total. The van der Waals surface area contributed by atoms with Crippen molar-refractivity contribution in [3.8, 4) is 0 Å². The van der Waals surface area contributed by atoms with E-state index in [4.69, 9.17) is 9.84 Å². The number of aromatic amines is 1. The minimum Gasteiger partial charge on any atom is -0.394 e. The van der Waals surface area contributed by atoms with Crippen LogP contribution in [0.25, 0.3) is 6.08 Å². The Morgan fingerprint density at radius 3 is 2.75 bits per heavy atom. The second kappa shape index (κ2) is 6.68. The van der Waals surface area contributed by atoms with E-state index in [9.17, 15) is 14.7 Å². The molecule has 1 aliphatic heterocycles. The summed E-state index contributed by atoms with van der Waals surface area (Å²) >= 11 is 3.93. The zero-order chi connectivity index (χ0) is 14.9. The van der Waals surface area contributed by atoms with Crippen LogP contribution in [0, 0.1) is 0 Å². The van der Waals surface area contributed by atoms with Gasteiger partial charge in [-0.3, -0.25) is 14.3 Å². The fourth-order valence-electron chi connectivity index (χ4n) is 1.95. The molecule has 1 unspecified atom stereocenters.